The Bertz CT molecular complexity index is 1940. The first-order valence-electron chi connectivity index (χ1n) is 14.3. The molecule has 0 atom stereocenters. The van der Waals surface area contributed by atoms with Crippen LogP contribution in [0, 0.1) is 5.41 Å². The lowest BCUT2D eigenvalue weighted by Crippen LogP contribution is -2.43. The first-order valence-corrected chi connectivity index (χ1v) is 15.8. The zero-order valence-electron chi connectivity index (χ0n) is 24.2. The lowest BCUT2D eigenvalue weighted by atomic mass is 10.0. The summed E-state index contributed by atoms with van der Waals surface area (Å²) in [6, 6.07) is 25.3. The number of hydrogen-bond acceptors (Lipinski definition) is 6. The molecule has 0 spiro atoms. The number of hydrogen-bond donors (Lipinski definition) is 3. The van der Waals surface area contributed by atoms with Gasteiger partial charge in [-0.15, -0.1) is 0 Å². The minimum absolute atomic E-state index is 0.0825. The highest BCUT2D eigenvalue weighted by Gasteiger charge is 2.24. The maximum atomic E-state index is 13.8. The third-order valence-corrected chi connectivity index (χ3v) is 9.39. The number of pyridine rings is 1. The van der Waals surface area contributed by atoms with E-state index in [-0.39, 0.29) is 23.4 Å². The van der Waals surface area contributed by atoms with Crippen LogP contribution in [0.3, 0.4) is 0 Å². The molecule has 1 aliphatic rings. The van der Waals surface area contributed by atoms with Gasteiger partial charge in [-0.1, -0.05) is 42.5 Å². The van der Waals surface area contributed by atoms with Crippen LogP contribution < -0.4 is 10.0 Å². The van der Waals surface area contributed by atoms with Crippen molar-refractivity contribution >= 4 is 49.1 Å². The summed E-state index contributed by atoms with van der Waals surface area (Å²) in [5, 5.41) is 14.0. The van der Waals surface area contributed by atoms with Crippen molar-refractivity contribution in [1.82, 2.24) is 19.8 Å². The number of piperidine rings is 1. The van der Waals surface area contributed by atoms with Crippen molar-refractivity contribution in [3.8, 4) is 0 Å². The van der Waals surface area contributed by atoms with Crippen molar-refractivity contribution in [1.29, 1.82) is 5.41 Å². The number of fused-ring (bicyclic) bond motifs is 2. The quantitative estimate of drug-likeness (QED) is 0.212. The Labute approximate surface area is 251 Å². The number of aromatic nitrogens is 2. The van der Waals surface area contributed by atoms with Crippen molar-refractivity contribution < 1.29 is 13.2 Å². The average molecular weight is 595 g/mol. The summed E-state index contributed by atoms with van der Waals surface area (Å²) in [7, 11) is -1.73. The van der Waals surface area contributed by atoms with Gasteiger partial charge in [0.25, 0.3) is 15.9 Å². The zero-order valence-corrected chi connectivity index (χ0v) is 25.0. The molecule has 0 radical (unpaired) electrons. The first-order chi connectivity index (χ1) is 20.7. The van der Waals surface area contributed by atoms with E-state index in [4.69, 9.17) is 10.4 Å². The molecule has 5 aromatic rings. The minimum atomic E-state index is -3.81. The van der Waals surface area contributed by atoms with Gasteiger partial charge in [-0.25, -0.2) is 13.4 Å². The largest absolute Gasteiger partial charge is 0.348 e. The van der Waals surface area contributed by atoms with Gasteiger partial charge in [-0.05, 0) is 98.7 Å². The van der Waals surface area contributed by atoms with Crippen molar-refractivity contribution in [3.63, 3.8) is 0 Å². The van der Waals surface area contributed by atoms with Gasteiger partial charge in [-0.2, -0.15) is 0 Å². The van der Waals surface area contributed by atoms with Crippen molar-refractivity contribution in [3.05, 3.63) is 102 Å². The Morgan fingerprint density at radius 1 is 0.953 bits per heavy atom. The number of nitrogens with zero attached hydrogens (tertiary/aromatic N) is 3. The van der Waals surface area contributed by atoms with Gasteiger partial charge in [0.15, 0.2) is 0 Å². The van der Waals surface area contributed by atoms with Gasteiger partial charge in [0.05, 0.1) is 22.8 Å². The second kappa shape index (κ2) is 11.6. The van der Waals surface area contributed by atoms with Crippen LogP contribution >= 0.6 is 0 Å². The number of rotatable bonds is 8. The molecule has 2 aromatic heterocycles. The van der Waals surface area contributed by atoms with Gasteiger partial charge >= 0.3 is 0 Å². The SMILES string of the molecule is CC(=N)c1ccc2cc(C(=O)NC3CCN(C)CC3)n(Cc3cc(NS(=O)(=O)c4ccccc4)cc4ccccc34)c2n1. The Morgan fingerprint density at radius 2 is 1.67 bits per heavy atom. The molecule has 0 bridgehead atoms. The molecule has 3 heterocycles. The summed E-state index contributed by atoms with van der Waals surface area (Å²) in [6.45, 7) is 3.81. The molecule has 0 aliphatic carbocycles. The standard InChI is InChI=1S/C33H34N6O3S/c1-22(34)30-13-12-24-20-31(33(40)35-26-14-16-38(2)17-15-26)39(32(24)36-30)21-25-19-27(18-23-8-6-7-11-29(23)25)37-43(41,42)28-9-4-3-5-10-28/h3-13,18-20,26,34,37H,14-17,21H2,1-2H3,(H,35,40). The molecule has 43 heavy (non-hydrogen) atoms. The zero-order chi connectivity index (χ0) is 30.1. The van der Waals surface area contributed by atoms with Gasteiger partial charge in [-0.3, -0.25) is 9.52 Å². The molecule has 6 rings (SSSR count). The van der Waals surface area contributed by atoms with Crippen molar-refractivity contribution in [2.75, 3.05) is 24.9 Å². The number of anilines is 1. The third-order valence-electron chi connectivity index (χ3n) is 8.00. The molecule has 1 aliphatic heterocycles. The topological polar surface area (TPSA) is 120 Å². The number of carbonyl (C=O) groups is 1. The fraction of sp³-hybridized carbons (Fsp3) is 0.242. The summed E-state index contributed by atoms with van der Waals surface area (Å²) in [6.07, 6.45) is 1.76. The Balaban J connectivity index is 1.43. The summed E-state index contributed by atoms with van der Waals surface area (Å²) in [5.41, 5.74) is 3.18. The molecule has 220 valence electrons. The number of carbonyl (C=O) groups excluding carboxylic acids is 1. The van der Waals surface area contributed by atoms with Crippen LogP contribution in [0.25, 0.3) is 21.8 Å². The molecule has 0 saturated carbocycles. The van der Waals surface area contributed by atoms with Gasteiger partial charge < -0.3 is 20.2 Å². The third kappa shape index (κ3) is 6.02. The fourth-order valence-corrected chi connectivity index (χ4v) is 6.72. The number of likely N-dealkylation sites (tertiary alicyclic amines) is 1. The van der Waals surface area contributed by atoms with Crippen LogP contribution in [0.15, 0.2) is 89.8 Å². The predicted molar refractivity (Wildman–Crippen MR) is 171 cm³/mol. The van der Waals surface area contributed by atoms with E-state index in [2.05, 4.69) is 22.0 Å². The molecular formula is C33H34N6O3S. The Hall–Kier alpha value is -4.54. The summed E-state index contributed by atoms with van der Waals surface area (Å²) < 4.78 is 31.0. The molecule has 3 N–H and O–H groups in total. The van der Waals surface area contributed by atoms with Gasteiger partial charge in [0.1, 0.15) is 11.3 Å². The monoisotopic (exact) mass is 594 g/mol. The Kier molecular flexibility index (Phi) is 7.72. The van der Waals surface area contributed by atoms with E-state index in [0.717, 1.165) is 47.7 Å². The number of amides is 1. The molecule has 9 nitrogen and oxygen atoms in total. The second-order valence-electron chi connectivity index (χ2n) is 11.2. The predicted octanol–water partition coefficient (Wildman–Crippen LogP) is 5.25. The average Bonchev–Trinajstić information content (AvgIpc) is 3.36. The molecule has 3 aromatic carbocycles. The smallest absolute Gasteiger partial charge is 0.268 e. The lowest BCUT2D eigenvalue weighted by molar-refractivity contribution is 0.0908. The number of benzene rings is 3. The first kappa shape index (κ1) is 28.6. The molecule has 10 heteroatoms. The van der Waals surface area contributed by atoms with E-state index in [1.54, 1.807) is 43.3 Å². The van der Waals surface area contributed by atoms with Gasteiger partial charge in [0, 0.05) is 17.1 Å². The second-order valence-corrected chi connectivity index (χ2v) is 12.9. The number of sulfonamides is 1. The lowest BCUT2D eigenvalue weighted by Gasteiger charge is -2.29. The maximum absolute atomic E-state index is 13.8. The van der Waals surface area contributed by atoms with Crippen molar-refractivity contribution in [2.24, 2.45) is 0 Å². The highest BCUT2D eigenvalue weighted by atomic mass is 32.2. The number of nitrogens with one attached hydrogen (secondary N) is 3. The van der Waals surface area contributed by atoms with Crippen molar-refractivity contribution in [2.45, 2.75) is 37.2 Å². The van der Waals surface area contributed by atoms with Crippen LogP contribution in [-0.4, -0.2) is 60.7 Å². The van der Waals surface area contributed by atoms with Crippen LogP contribution in [0.1, 0.15) is 41.5 Å². The Morgan fingerprint density at radius 3 is 2.42 bits per heavy atom. The summed E-state index contributed by atoms with van der Waals surface area (Å²) in [4.78, 5) is 21.0. The minimum Gasteiger partial charge on any atom is -0.348 e. The summed E-state index contributed by atoms with van der Waals surface area (Å²) >= 11 is 0. The molecule has 0 unspecified atom stereocenters. The van der Waals surface area contributed by atoms with E-state index < -0.39 is 10.0 Å². The maximum Gasteiger partial charge on any atom is 0.268 e. The van der Waals surface area contributed by atoms with E-state index >= 15 is 0 Å². The van der Waals surface area contributed by atoms with E-state index in [1.807, 2.05) is 53.1 Å². The fourth-order valence-electron chi connectivity index (χ4n) is 5.66. The summed E-state index contributed by atoms with van der Waals surface area (Å²) in [5.74, 6) is -0.175. The van der Waals surface area contributed by atoms with Gasteiger partial charge in [0.2, 0.25) is 0 Å². The van der Waals surface area contributed by atoms with E-state index in [9.17, 15) is 13.2 Å². The normalized spacial score (nSPS) is 14.7. The van der Waals surface area contributed by atoms with E-state index in [1.165, 1.54) is 0 Å². The van der Waals surface area contributed by atoms with Crippen LogP contribution in [0.5, 0.6) is 0 Å². The molecule has 1 fully saturated rings. The van der Waals surface area contributed by atoms with Crippen LogP contribution in [-0.2, 0) is 16.6 Å². The van der Waals surface area contributed by atoms with E-state index in [0.29, 0.717) is 28.4 Å². The molecule has 1 saturated heterocycles. The highest BCUT2D eigenvalue weighted by molar-refractivity contribution is 7.92. The van der Waals surface area contributed by atoms with Crippen LogP contribution in [0.4, 0.5) is 5.69 Å². The molecular weight excluding hydrogens is 560 g/mol. The van der Waals surface area contributed by atoms with Crippen LogP contribution in [0.2, 0.25) is 0 Å². The molecule has 1 amide bonds. The highest BCUT2D eigenvalue weighted by Crippen LogP contribution is 2.29.